The summed E-state index contributed by atoms with van der Waals surface area (Å²) in [6, 6.07) is 1.22. The molecule has 0 bridgehead atoms. The van der Waals surface area contributed by atoms with E-state index in [9.17, 15) is 23.7 Å². The lowest BCUT2D eigenvalue weighted by atomic mass is 10.1. The number of carboxylic acids is 1. The third-order valence-electron chi connectivity index (χ3n) is 2.01. The molecule has 0 amide bonds. The van der Waals surface area contributed by atoms with Crippen molar-refractivity contribution in [1.29, 1.82) is 0 Å². The second-order valence-corrected chi connectivity index (χ2v) is 2.97. The predicted octanol–water partition coefficient (Wildman–Crippen LogP) is 2.24. The molecular weight excluding hydrogens is 240 g/mol. The highest BCUT2D eigenvalue weighted by Gasteiger charge is 2.26. The molecule has 0 unspecified atom stereocenters. The van der Waals surface area contributed by atoms with E-state index >= 15 is 0 Å². The van der Waals surface area contributed by atoms with E-state index in [-0.39, 0.29) is 0 Å². The molecule has 0 aromatic heterocycles. The number of hydrogen-bond donors (Lipinski definition) is 1. The summed E-state index contributed by atoms with van der Waals surface area (Å²) in [5.74, 6) is -1.99. The van der Waals surface area contributed by atoms with Gasteiger partial charge in [0.1, 0.15) is 11.3 Å². The van der Waals surface area contributed by atoms with Crippen LogP contribution in [0.15, 0.2) is 12.1 Å². The van der Waals surface area contributed by atoms with Crippen molar-refractivity contribution in [3.05, 3.63) is 33.4 Å². The average molecular weight is 247 g/mol. The molecule has 1 N–H and O–H groups in total. The Morgan fingerprint density at radius 1 is 1.53 bits per heavy atom. The summed E-state index contributed by atoms with van der Waals surface area (Å²) in [6.45, 7) is 0. The number of carbonyl (C=O) groups is 1. The van der Waals surface area contributed by atoms with Crippen LogP contribution in [0, 0.1) is 10.1 Å². The first kappa shape index (κ1) is 12.8. The van der Waals surface area contributed by atoms with Crippen molar-refractivity contribution in [3.8, 4) is 5.75 Å². The largest absolute Gasteiger partial charge is 0.496 e. The van der Waals surface area contributed by atoms with Gasteiger partial charge in [0.25, 0.3) is 12.1 Å². The molecule has 17 heavy (non-hydrogen) atoms. The number of methoxy groups -OCH3 is 1. The van der Waals surface area contributed by atoms with Gasteiger partial charge < -0.3 is 9.84 Å². The quantitative estimate of drug-likeness (QED) is 0.650. The first-order chi connectivity index (χ1) is 7.88. The summed E-state index contributed by atoms with van der Waals surface area (Å²) in [4.78, 5) is 20.3. The normalized spacial score (nSPS) is 10.4. The van der Waals surface area contributed by atoms with Crippen LogP contribution in [0.25, 0.3) is 0 Å². The van der Waals surface area contributed by atoms with Gasteiger partial charge in [0.15, 0.2) is 0 Å². The molecule has 92 valence electrons. The molecule has 0 atom stereocenters. The van der Waals surface area contributed by atoms with Crippen LogP contribution >= 0.6 is 0 Å². The van der Waals surface area contributed by atoms with Crippen molar-refractivity contribution in [2.45, 2.75) is 6.43 Å². The van der Waals surface area contributed by atoms with E-state index in [0.717, 1.165) is 7.11 Å². The lowest BCUT2D eigenvalue weighted by Gasteiger charge is -2.08. The molecule has 6 nitrogen and oxygen atoms in total. The lowest BCUT2D eigenvalue weighted by Crippen LogP contribution is -2.05. The number of halogens is 2. The molecule has 8 heteroatoms. The zero-order valence-electron chi connectivity index (χ0n) is 8.52. The predicted molar refractivity (Wildman–Crippen MR) is 51.6 cm³/mol. The monoisotopic (exact) mass is 247 g/mol. The zero-order valence-corrected chi connectivity index (χ0v) is 8.52. The molecule has 0 heterocycles. The van der Waals surface area contributed by atoms with Gasteiger partial charge in [-0.15, -0.1) is 0 Å². The van der Waals surface area contributed by atoms with Crippen molar-refractivity contribution in [3.63, 3.8) is 0 Å². The molecule has 0 saturated carbocycles. The zero-order chi connectivity index (χ0) is 13.2. The Morgan fingerprint density at radius 2 is 2.12 bits per heavy atom. The number of ether oxygens (including phenoxy) is 1. The number of aromatic carboxylic acids is 1. The van der Waals surface area contributed by atoms with Crippen LogP contribution in [0.1, 0.15) is 22.3 Å². The van der Waals surface area contributed by atoms with E-state index < -0.39 is 39.9 Å². The van der Waals surface area contributed by atoms with Crippen LogP contribution in [0.2, 0.25) is 0 Å². The third-order valence-corrected chi connectivity index (χ3v) is 2.01. The van der Waals surface area contributed by atoms with Gasteiger partial charge in [-0.05, 0) is 0 Å². The van der Waals surface area contributed by atoms with Gasteiger partial charge in [-0.25, -0.2) is 13.6 Å². The van der Waals surface area contributed by atoms with E-state index in [0.29, 0.717) is 12.1 Å². The van der Waals surface area contributed by atoms with E-state index in [4.69, 9.17) is 5.11 Å². The molecule has 0 fully saturated rings. The van der Waals surface area contributed by atoms with Crippen molar-refractivity contribution in [2.24, 2.45) is 0 Å². The van der Waals surface area contributed by atoms with Crippen LogP contribution in [-0.4, -0.2) is 23.1 Å². The van der Waals surface area contributed by atoms with E-state index in [1.165, 1.54) is 0 Å². The summed E-state index contributed by atoms with van der Waals surface area (Å²) in [6.07, 6.45) is -2.99. The Bertz CT molecular complexity index is 475. The number of alkyl halides is 2. The molecule has 0 saturated heterocycles. The maximum absolute atomic E-state index is 12.5. The lowest BCUT2D eigenvalue weighted by molar-refractivity contribution is -0.385. The summed E-state index contributed by atoms with van der Waals surface area (Å²) in [5.41, 5.74) is -2.31. The number of benzene rings is 1. The fraction of sp³-hybridized carbons (Fsp3) is 0.222. The number of nitro groups is 1. The number of nitrogens with zero attached hydrogens (tertiary/aromatic N) is 1. The van der Waals surface area contributed by atoms with Gasteiger partial charge in [-0.3, -0.25) is 10.1 Å². The van der Waals surface area contributed by atoms with Crippen LogP contribution in [-0.2, 0) is 0 Å². The van der Waals surface area contributed by atoms with E-state index in [1.54, 1.807) is 0 Å². The smallest absolute Gasteiger partial charge is 0.342 e. The minimum Gasteiger partial charge on any atom is -0.496 e. The minimum atomic E-state index is -2.99. The Kier molecular flexibility index (Phi) is 3.56. The maximum Gasteiger partial charge on any atom is 0.342 e. The molecule has 0 radical (unpaired) electrons. The van der Waals surface area contributed by atoms with Gasteiger partial charge in [0.2, 0.25) is 0 Å². The number of nitro benzene ring substituents is 1. The third kappa shape index (κ3) is 2.47. The Labute approximate surface area is 93.6 Å². The number of carboxylic acid groups (broad SMARTS) is 1. The molecular formula is C9H7F2NO5. The Balaban J connectivity index is 3.53. The van der Waals surface area contributed by atoms with E-state index in [1.807, 2.05) is 0 Å². The Morgan fingerprint density at radius 3 is 2.47 bits per heavy atom. The highest BCUT2D eigenvalue weighted by molar-refractivity contribution is 5.93. The summed E-state index contributed by atoms with van der Waals surface area (Å²) in [7, 11) is 1.07. The van der Waals surface area contributed by atoms with Crippen LogP contribution in [0.5, 0.6) is 5.75 Å². The molecule has 1 aromatic carbocycles. The fourth-order valence-corrected chi connectivity index (χ4v) is 1.25. The molecule has 1 aromatic rings. The van der Waals surface area contributed by atoms with Crippen molar-refractivity contribution < 1.29 is 28.3 Å². The minimum absolute atomic E-state index is 0.400. The SMILES string of the molecule is COc1cc(C(=O)O)c([N+](=O)[O-])cc1C(F)F. The van der Waals surface area contributed by atoms with Gasteiger partial charge in [-0.2, -0.15) is 0 Å². The van der Waals surface area contributed by atoms with Crippen LogP contribution in [0.4, 0.5) is 14.5 Å². The highest BCUT2D eigenvalue weighted by Crippen LogP contribution is 2.34. The second kappa shape index (κ2) is 4.73. The average Bonchev–Trinajstić information content (AvgIpc) is 2.26. The first-order valence-corrected chi connectivity index (χ1v) is 4.26. The number of hydrogen-bond acceptors (Lipinski definition) is 4. The second-order valence-electron chi connectivity index (χ2n) is 2.97. The van der Waals surface area contributed by atoms with Gasteiger partial charge >= 0.3 is 5.97 Å². The number of rotatable bonds is 4. The molecule has 0 aliphatic rings. The van der Waals surface area contributed by atoms with Crippen molar-refractivity contribution in [1.82, 2.24) is 0 Å². The molecule has 1 rings (SSSR count). The van der Waals surface area contributed by atoms with Gasteiger partial charge in [0, 0.05) is 12.1 Å². The van der Waals surface area contributed by atoms with Crippen LogP contribution < -0.4 is 4.74 Å². The summed E-state index contributed by atoms with van der Waals surface area (Å²) < 4.78 is 29.6. The molecule has 0 aliphatic heterocycles. The fourth-order valence-electron chi connectivity index (χ4n) is 1.25. The summed E-state index contributed by atoms with van der Waals surface area (Å²) in [5, 5.41) is 19.3. The van der Waals surface area contributed by atoms with Crippen molar-refractivity contribution >= 4 is 11.7 Å². The maximum atomic E-state index is 12.5. The molecule has 0 aliphatic carbocycles. The van der Waals surface area contributed by atoms with Gasteiger partial charge in [0.05, 0.1) is 17.6 Å². The topological polar surface area (TPSA) is 89.7 Å². The van der Waals surface area contributed by atoms with Gasteiger partial charge in [-0.1, -0.05) is 0 Å². The van der Waals surface area contributed by atoms with E-state index in [2.05, 4.69) is 4.74 Å². The molecule has 0 spiro atoms. The standard InChI is InChI=1S/C9H7F2NO5/c1-17-7-3-4(9(13)14)6(12(15)16)2-5(7)8(10)11/h2-3,8H,1H3,(H,13,14). The van der Waals surface area contributed by atoms with Crippen LogP contribution in [0.3, 0.4) is 0 Å². The summed E-state index contributed by atoms with van der Waals surface area (Å²) >= 11 is 0. The highest BCUT2D eigenvalue weighted by atomic mass is 19.3. The first-order valence-electron chi connectivity index (χ1n) is 4.26. The Hall–Kier alpha value is -2.25. The van der Waals surface area contributed by atoms with Crippen molar-refractivity contribution in [2.75, 3.05) is 7.11 Å².